The second-order valence-corrected chi connectivity index (χ2v) is 10.7. The van der Waals surface area contributed by atoms with Crippen molar-refractivity contribution in [1.29, 1.82) is 0 Å². The Hall–Kier alpha value is -3.62. The van der Waals surface area contributed by atoms with Crippen LogP contribution in [0.2, 0.25) is 0 Å². The number of benzene rings is 5. The number of furan rings is 1. The molecular weight excluding hydrogens is 492 g/mol. The van der Waals surface area contributed by atoms with Crippen molar-refractivity contribution < 1.29 is 4.42 Å². The third kappa shape index (κ3) is 2.87. The van der Waals surface area contributed by atoms with Gasteiger partial charge in [-0.05, 0) is 62.7 Å². The molecule has 0 spiro atoms. The number of fused-ring (bicyclic) bond motifs is 6. The molecular formula is C33H23BrO. The van der Waals surface area contributed by atoms with E-state index in [1.807, 2.05) is 6.07 Å². The monoisotopic (exact) mass is 514 g/mol. The highest BCUT2D eigenvalue weighted by atomic mass is 79.9. The molecule has 168 valence electrons. The molecule has 2 heteroatoms. The predicted octanol–water partition coefficient (Wildman–Crippen LogP) is 9.99. The first-order valence-electron chi connectivity index (χ1n) is 12.0. The molecule has 0 fully saturated rings. The number of hydrogen-bond donors (Lipinski definition) is 0. The summed E-state index contributed by atoms with van der Waals surface area (Å²) in [4.78, 5) is 0. The zero-order valence-corrected chi connectivity index (χ0v) is 21.2. The Morgan fingerprint density at radius 3 is 2.09 bits per heavy atom. The molecule has 0 bridgehead atoms. The topological polar surface area (TPSA) is 13.1 Å². The van der Waals surface area contributed by atoms with Gasteiger partial charge in [-0.25, -0.2) is 0 Å². The molecule has 7 rings (SSSR count). The minimum atomic E-state index is -0.0700. The van der Waals surface area contributed by atoms with Crippen LogP contribution in [0.25, 0.3) is 55.3 Å². The Labute approximate surface area is 213 Å². The van der Waals surface area contributed by atoms with Crippen molar-refractivity contribution in [2.45, 2.75) is 19.3 Å². The quantitative estimate of drug-likeness (QED) is 0.224. The lowest BCUT2D eigenvalue weighted by atomic mass is 9.80. The fourth-order valence-electron chi connectivity index (χ4n) is 5.96. The van der Waals surface area contributed by atoms with Crippen LogP contribution in [0.5, 0.6) is 0 Å². The van der Waals surface area contributed by atoms with Crippen molar-refractivity contribution in [1.82, 2.24) is 0 Å². The second kappa shape index (κ2) is 7.44. The maximum Gasteiger partial charge on any atom is 0.136 e. The maximum absolute atomic E-state index is 6.30. The minimum absolute atomic E-state index is 0.0700. The standard InChI is InChI=1S/C33H23BrO/c1-33(2)25-14-6-3-11-22(25)32-26(33)19-18-21(20-10-4-7-15-27(20)34)31(32)24-13-9-17-29-30(24)23-12-5-8-16-28(23)35-29/h3-19H,1-2H3. The van der Waals surface area contributed by atoms with Crippen LogP contribution in [-0.4, -0.2) is 0 Å². The summed E-state index contributed by atoms with van der Waals surface area (Å²) in [5.74, 6) is 0. The molecule has 35 heavy (non-hydrogen) atoms. The molecule has 0 saturated heterocycles. The van der Waals surface area contributed by atoms with Gasteiger partial charge in [-0.2, -0.15) is 0 Å². The van der Waals surface area contributed by atoms with E-state index in [0.29, 0.717) is 0 Å². The number of para-hydroxylation sites is 1. The van der Waals surface area contributed by atoms with Crippen LogP contribution in [-0.2, 0) is 5.41 Å². The van der Waals surface area contributed by atoms with Crippen LogP contribution in [0.15, 0.2) is 112 Å². The summed E-state index contributed by atoms with van der Waals surface area (Å²) < 4.78 is 7.40. The predicted molar refractivity (Wildman–Crippen MR) is 150 cm³/mol. The zero-order valence-electron chi connectivity index (χ0n) is 19.6. The molecule has 1 aromatic heterocycles. The first kappa shape index (κ1) is 20.7. The lowest BCUT2D eigenvalue weighted by Crippen LogP contribution is -2.14. The summed E-state index contributed by atoms with van der Waals surface area (Å²) in [7, 11) is 0. The van der Waals surface area contributed by atoms with Crippen LogP contribution in [0.3, 0.4) is 0 Å². The summed E-state index contributed by atoms with van der Waals surface area (Å²) in [5, 5.41) is 2.33. The Bertz CT molecular complexity index is 1790. The Balaban J connectivity index is 1.70. The van der Waals surface area contributed by atoms with Gasteiger partial charge in [0.15, 0.2) is 0 Å². The summed E-state index contributed by atoms with van der Waals surface area (Å²) in [6.45, 7) is 4.68. The lowest BCUT2D eigenvalue weighted by molar-refractivity contribution is 0.660. The van der Waals surface area contributed by atoms with E-state index in [0.717, 1.165) is 21.0 Å². The average Bonchev–Trinajstić information content (AvgIpc) is 3.37. The first-order chi connectivity index (χ1) is 17.1. The van der Waals surface area contributed by atoms with E-state index in [4.69, 9.17) is 4.42 Å². The average molecular weight is 515 g/mol. The summed E-state index contributed by atoms with van der Waals surface area (Å²) >= 11 is 3.84. The third-order valence-electron chi connectivity index (χ3n) is 7.58. The van der Waals surface area contributed by atoms with E-state index in [2.05, 4.69) is 127 Å². The van der Waals surface area contributed by atoms with Crippen LogP contribution < -0.4 is 0 Å². The van der Waals surface area contributed by atoms with Crippen molar-refractivity contribution in [2.24, 2.45) is 0 Å². The molecule has 1 heterocycles. The largest absolute Gasteiger partial charge is 0.456 e. The zero-order chi connectivity index (χ0) is 23.7. The van der Waals surface area contributed by atoms with E-state index in [-0.39, 0.29) is 5.41 Å². The highest BCUT2D eigenvalue weighted by Crippen LogP contribution is 2.55. The van der Waals surface area contributed by atoms with E-state index >= 15 is 0 Å². The van der Waals surface area contributed by atoms with Gasteiger partial charge in [0, 0.05) is 20.7 Å². The normalized spacial score (nSPS) is 13.8. The molecule has 6 aromatic rings. The lowest BCUT2D eigenvalue weighted by Gasteiger charge is -2.23. The molecule has 0 radical (unpaired) electrons. The highest BCUT2D eigenvalue weighted by molar-refractivity contribution is 9.10. The van der Waals surface area contributed by atoms with Gasteiger partial charge in [0.05, 0.1) is 0 Å². The molecule has 0 amide bonds. The molecule has 0 saturated carbocycles. The fourth-order valence-corrected chi connectivity index (χ4v) is 6.46. The van der Waals surface area contributed by atoms with Crippen LogP contribution in [0.4, 0.5) is 0 Å². The van der Waals surface area contributed by atoms with Crippen LogP contribution >= 0.6 is 15.9 Å². The Kier molecular flexibility index (Phi) is 4.40. The number of hydrogen-bond acceptors (Lipinski definition) is 1. The van der Waals surface area contributed by atoms with Crippen molar-refractivity contribution in [3.05, 3.63) is 119 Å². The first-order valence-corrected chi connectivity index (χ1v) is 12.8. The van der Waals surface area contributed by atoms with Gasteiger partial charge in [-0.1, -0.05) is 115 Å². The molecule has 1 aliphatic rings. The van der Waals surface area contributed by atoms with Gasteiger partial charge in [0.25, 0.3) is 0 Å². The summed E-state index contributed by atoms with van der Waals surface area (Å²) in [5.41, 5.74) is 12.1. The molecule has 0 N–H and O–H groups in total. The van der Waals surface area contributed by atoms with Crippen molar-refractivity contribution in [3.63, 3.8) is 0 Å². The summed E-state index contributed by atoms with van der Waals surface area (Å²) in [6, 6.07) is 36.9. The van der Waals surface area contributed by atoms with Gasteiger partial charge in [-0.15, -0.1) is 0 Å². The number of rotatable bonds is 2. The van der Waals surface area contributed by atoms with Crippen LogP contribution in [0.1, 0.15) is 25.0 Å². The second-order valence-electron chi connectivity index (χ2n) is 9.84. The van der Waals surface area contributed by atoms with Gasteiger partial charge >= 0.3 is 0 Å². The van der Waals surface area contributed by atoms with Gasteiger partial charge in [-0.3, -0.25) is 0 Å². The van der Waals surface area contributed by atoms with Crippen molar-refractivity contribution in [3.8, 4) is 33.4 Å². The molecule has 0 unspecified atom stereocenters. The molecule has 0 atom stereocenters. The van der Waals surface area contributed by atoms with Crippen LogP contribution in [0, 0.1) is 0 Å². The smallest absolute Gasteiger partial charge is 0.136 e. The van der Waals surface area contributed by atoms with E-state index < -0.39 is 0 Å². The molecule has 5 aromatic carbocycles. The van der Waals surface area contributed by atoms with Gasteiger partial charge < -0.3 is 4.42 Å². The third-order valence-corrected chi connectivity index (χ3v) is 8.28. The SMILES string of the molecule is CC1(C)c2ccccc2-c2c1ccc(-c1ccccc1Br)c2-c1cccc2oc3ccccc3c12. The van der Waals surface area contributed by atoms with Crippen molar-refractivity contribution >= 4 is 37.9 Å². The highest BCUT2D eigenvalue weighted by Gasteiger charge is 2.38. The minimum Gasteiger partial charge on any atom is -0.456 e. The Morgan fingerprint density at radius 2 is 1.23 bits per heavy atom. The fraction of sp³-hybridized carbons (Fsp3) is 0.0909. The summed E-state index contributed by atoms with van der Waals surface area (Å²) in [6.07, 6.45) is 0. The van der Waals surface area contributed by atoms with E-state index in [1.165, 1.54) is 49.9 Å². The van der Waals surface area contributed by atoms with Crippen molar-refractivity contribution in [2.75, 3.05) is 0 Å². The molecule has 1 aliphatic carbocycles. The van der Waals surface area contributed by atoms with Gasteiger partial charge in [0.1, 0.15) is 11.2 Å². The Morgan fingerprint density at radius 1 is 0.543 bits per heavy atom. The van der Waals surface area contributed by atoms with Gasteiger partial charge in [0.2, 0.25) is 0 Å². The van der Waals surface area contributed by atoms with E-state index in [1.54, 1.807) is 0 Å². The van der Waals surface area contributed by atoms with E-state index in [9.17, 15) is 0 Å². The molecule has 1 nitrogen and oxygen atoms in total. The maximum atomic E-state index is 6.30. The molecule has 0 aliphatic heterocycles. The number of halogens is 1.